The topological polar surface area (TPSA) is 24.5 Å². The van der Waals surface area contributed by atoms with Crippen molar-refractivity contribution in [3.8, 4) is 5.75 Å². The molecule has 1 fully saturated rings. The summed E-state index contributed by atoms with van der Waals surface area (Å²) in [5.41, 5.74) is 0.879. The maximum atomic E-state index is 13.4. The van der Waals surface area contributed by atoms with Crippen LogP contribution in [0.3, 0.4) is 0 Å². The molecule has 0 saturated carbocycles. The number of nitrogens with one attached hydrogen (secondary N) is 1. The van der Waals surface area contributed by atoms with Crippen LogP contribution in [0.1, 0.15) is 31.9 Å². The van der Waals surface area contributed by atoms with Gasteiger partial charge in [0.25, 0.3) is 0 Å². The van der Waals surface area contributed by atoms with Gasteiger partial charge >= 0.3 is 0 Å². The Hall–Kier alpha value is -1.13. The Morgan fingerprint density at radius 2 is 2.21 bits per heavy atom. The van der Waals surface area contributed by atoms with Gasteiger partial charge in [-0.05, 0) is 45.5 Å². The van der Waals surface area contributed by atoms with Crippen LogP contribution in [-0.4, -0.2) is 37.7 Å². The minimum Gasteiger partial charge on any atom is -0.496 e. The number of ether oxygens (including phenoxy) is 1. The van der Waals surface area contributed by atoms with Crippen LogP contribution in [0, 0.1) is 5.82 Å². The third kappa shape index (κ3) is 3.25. The van der Waals surface area contributed by atoms with Crippen molar-refractivity contribution in [2.24, 2.45) is 0 Å². The zero-order valence-corrected chi connectivity index (χ0v) is 12.1. The van der Waals surface area contributed by atoms with Gasteiger partial charge in [0.1, 0.15) is 11.6 Å². The molecule has 1 aromatic rings. The Kier molecular flexibility index (Phi) is 4.42. The summed E-state index contributed by atoms with van der Waals surface area (Å²) in [5.74, 6) is 0.516. The number of likely N-dealkylation sites (tertiary alicyclic amines) is 1. The summed E-state index contributed by atoms with van der Waals surface area (Å²) in [6.07, 6.45) is 1.12. The van der Waals surface area contributed by atoms with Crippen molar-refractivity contribution >= 4 is 0 Å². The molecule has 1 aliphatic rings. The lowest BCUT2D eigenvalue weighted by Crippen LogP contribution is -2.33. The molecule has 1 N–H and O–H groups in total. The zero-order valence-electron chi connectivity index (χ0n) is 12.1. The van der Waals surface area contributed by atoms with Crippen LogP contribution < -0.4 is 10.1 Å². The molecule has 1 aliphatic heterocycles. The second kappa shape index (κ2) is 5.88. The van der Waals surface area contributed by atoms with E-state index in [1.165, 1.54) is 6.07 Å². The van der Waals surface area contributed by atoms with Crippen LogP contribution in [0.15, 0.2) is 18.2 Å². The van der Waals surface area contributed by atoms with Gasteiger partial charge in [0.2, 0.25) is 0 Å². The predicted molar refractivity (Wildman–Crippen MR) is 75.0 cm³/mol. The minimum absolute atomic E-state index is 0.0781. The Morgan fingerprint density at radius 3 is 2.79 bits per heavy atom. The monoisotopic (exact) mass is 266 g/mol. The Bertz CT molecular complexity index is 428. The molecule has 0 radical (unpaired) electrons. The quantitative estimate of drug-likeness (QED) is 0.906. The predicted octanol–water partition coefficient (Wildman–Crippen LogP) is 2.58. The van der Waals surface area contributed by atoms with E-state index in [4.69, 9.17) is 4.74 Å². The average molecular weight is 266 g/mol. The standard InChI is InChI=1S/C15H23FN2O/c1-10-7-13(9-18(10)3)17-11(2)14-8-12(16)5-6-15(14)19-4/h5-6,8,10-11,13,17H,7,9H2,1-4H3. The molecule has 0 aliphatic carbocycles. The first-order chi connectivity index (χ1) is 9.01. The molecule has 1 aromatic carbocycles. The molecule has 3 unspecified atom stereocenters. The van der Waals surface area contributed by atoms with Crippen molar-refractivity contribution in [1.82, 2.24) is 10.2 Å². The molecular formula is C15H23FN2O. The number of rotatable bonds is 4. The molecule has 3 nitrogen and oxygen atoms in total. The Balaban J connectivity index is 2.07. The molecule has 19 heavy (non-hydrogen) atoms. The van der Waals surface area contributed by atoms with Crippen molar-refractivity contribution in [2.45, 2.75) is 38.4 Å². The highest BCUT2D eigenvalue weighted by Gasteiger charge is 2.27. The number of likely N-dealkylation sites (N-methyl/N-ethyl adjacent to an activating group) is 1. The van der Waals surface area contributed by atoms with Crippen LogP contribution in [-0.2, 0) is 0 Å². The van der Waals surface area contributed by atoms with Gasteiger partial charge in [-0.15, -0.1) is 0 Å². The Labute approximate surface area is 114 Å². The number of nitrogens with zero attached hydrogens (tertiary/aromatic N) is 1. The van der Waals surface area contributed by atoms with Crippen LogP contribution in [0.2, 0.25) is 0 Å². The van der Waals surface area contributed by atoms with Crippen molar-refractivity contribution in [2.75, 3.05) is 20.7 Å². The lowest BCUT2D eigenvalue weighted by Gasteiger charge is -2.21. The van der Waals surface area contributed by atoms with Gasteiger partial charge in [0.15, 0.2) is 0 Å². The van der Waals surface area contributed by atoms with Crippen LogP contribution in [0.4, 0.5) is 4.39 Å². The number of hydrogen-bond acceptors (Lipinski definition) is 3. The normalized spacial score (nSPS) is 25.5. The summed E-state index contributed by atoms with van der Waals surface area (Å²) < 4.78 is 18.7. The van der Waals surface area contributed by atoms with Gasteiger partial charge in [-0.2, -0.15) is 0 Å². The van der Waals surface area contributed by atoms with Gasteiger partial charge in [0.05, 0.1) is 7.11 Å². The van der Waals surface area contributed by atoms with Crippen molar-refractivity contribution in [3.63, 3.8) is 0 Å². The van der Waals surface area contributed by atoms with E-state index in [2.05, 4.69) is 31.1 Å². The van der Waals surface area contributed by atoms with E-state index in [0.29, 0.717) is 12.1 Å². The zero-order chi connectivity index (χ0) is 14.0. The smallest absolute Gasteiger partial charge is 0.123 e. The lowest BCUT2D eigenvalue weighted by molar-refractivity contribution is 0.324. The first-order valence-corrected chi connectivity index (χ1v) is 6.81. The molecule has 0 spiro atoms. The van der Waals surface area contributed by atoms with Gasteiger partial charge in [-0.1, -0.05) is 0 Å². The molecule has 4 heteroatoms. The molecule has 0 amide bonds. The maximum Gasteiger partial charge on any atom is 0.123 e. The number of methoxy groups -OCH3 is 1. The maximum absolute atomic E-state index is 13.4. The van der Waals surface area contributed by atoms with E-state index in [0.717, 1.165) is 24.3 Å². The number of halogens is 1. The molecule has 3 atom stereocenters. The van der Waals surface area contributed by atoms with E-state index in [1.807, 2.05) is 0 Å². The molecule has 2 rings (SSSR count). The largest absolute Gasteiger partial charge is 0.496 e. The highest BCUT2D eigenvalue weighted by atomic mass is 19.1. The number of benzene rings is 1. The fourth-order valence-electron chi connectivity index (χ4n) is 2.80. The van der Waals surface area contributed by atoms with Crippen LogP contribution in [0.25, 0.3) is 0 Å². The molecule has 1 saturated heterocycles. The molecule has 1 heterocycles. The third-order valence-electron chi connectivity index (χ3n) is 4.03. The first-order valence-electron chi connectivity index (χ1n) is 6.81. The summed E-state index contributed by atoms with van der Waals surface area (Å²) in [6, 6.07) is 5.79. The van der Waals surface area contributed by atoms with E-state index in [-0.39, 0.29) is 11.9 Å². The average Bonchev–Trinajstić information content (AvgIpc) is 2.68. The summed E-state index contributed by atoms with van der Waals surface area (Å²) in [5, 5.41) is 3.57. The van der Waals surface area contributed by atoms with Crippen LogP contribution >= 0.6 is 0 Å². The second-order valence-electron chi connectivity index (χ2n) is 5.50. The van der Waals surface area contributed by atoms with Crippen molar-refractivity contribution < 1.29 is 9.13 Å². The van der Waals surface area contributed by atoms with Crippen molar-refractivity contribution in [1.29, 1.82) is 0 Å². The summed E-state index contributed by atoms with van der Waals surface area (Å²) in [6.45, 7) is 5.32. The highest BCUT2D eigenvalue weighted by molar-refractivity contribution is 5.36. The summed E-state index contributed by atoms with van der Waals surface area (Å²) in [7, 11) is 3.76. The highest BCUT2D eigenvalue weighted by Crippen LogP contribution is 2.27. The molecule has 0 aromatic heterocycles. The SMILES string of the molecule is COc1ccc(F)cc1C(C)NC1CC(C)N(C)C1. The fraction of sp³-hybridized carbons (Fsp3) is 0.600. The first kappa shape index (κ1) is 14.3. The van der Waals surface area contributed by atoms with E-state index < -0.39 is 0 Å². The van der Waals surface area contributed by atoms with E-state index in [9.17, 15) is 4.39 Å². The van der Waals surface area contributed by atoms with Gasteiger partial charge in [-0.3, -0.25) is 0 Å². The Morgan fingerprint density at radius 1 is 1.47 bits per heavy atom. The van der Waals surface area contributed by atoms with E-state index in [1.54, 1.807) is 19.2 Å². The number of hydrogen-bond donors (Lipinski definition) is 1. The fourth-order valence-corrected chi connectivity index (χ4v) is 2.80. The lowest BCUT2D eigenvalue weighted by atomic mass is 10.0. The van der Waals surface area contributed by atoms with Gasteiger partial charge in [0, 0.05) is 30.2 Å². The molecule has 0 bridgehead atoms. The second-order valence-corrected chi connectivity index (χ2v) is 5.50. The van der Waals surface area contributed by atoms with Crippen LogP contribution in [0.5, 0.6) is 5.75 Å². The molecular weight excluding hydrogens is 243 g/mol. The minimum atomic E-state index is -0.221. The van der Waals surface area contributed by atoms with Gasteiger partial charge in [-0.25, -0.2) is 4.39 Å². The van der Waals surface area contributed by atoms with E-state index >= 15 is 0 Å². The van der Waals surface area contributed by atoms with Gasteiger partial charge < -0.3 is 15.0 Å². The molecule has 106 valence electrons. The summed E-state index contributed by atoms with van der Waals surface area (Å²) in [4.78, 5) is 2.34. The summed E-state index contributed by atoms with van der Waals surface area (Å²) >= 11 is 0. The van der Waals surface area contributed by atoms with Crippen molar-refractivity contribution in [3.05, 3.63) is 29.6 Å². The third-order valence-corrected chi connectivity index (χ3v) is 4.03.